The van der Waals surface area contributed by atoms with Crippen molar-refractivity contribution < 1.29 is 8.83 Å². The smallest absolute Gasteiger partial charge is 0.157 e. The van der Waals surface area contributed by atoms with Crippen molar-refractivity contribution in [2.75, 3.05) is 0 Å². The summed E-state index contributed by atoms with van der Waals surface area (Å²) in [4.78, 5) is 0. The maximum Gasteiger partial charge on any atom is 0.157 e. The molecule has 0 bridgehead atoms. The van der Waals surface area contributed by atoms with Gasteiger partial charge in [0.2, 0.25) is 0 Å². The lowest BCUT2D eigenvalue weighted by molar-refractivity contribution is 0.615. The second-order valence-electron chi connectivity index (χ2n) is 12.9. The lowest BCUT2D eigenvalue weighted by atomic mass is 9.89. The largest absolute Gasteiger partial charge is 0.464 e. The monoisotopic (exact) mass is 598 g/mol. The zero-order chi connectivity index (χ0) is 30.6. The molecule has 2 aromatic heterocycles. The van der Waals surface area contributed by atoms with E-state index in [1.807, 2.05) is 12.5 Å². The third-order valence-electron chi connectivity index (χ3n) is 9.46. The Kier molecular flexibility index (Phi) is 6.40. The third-order valence-corrected chi connectivity index (χ3v) is 15.4. The molecule has 0 spiro atoms. The molecule has 45 heavy (non-hydrogen) atoms. The standard InChI is InChI=1S/C42H34O2Si/c1-42(2,3)45(31-21-11-6-12-22-31)40(34-27-43-36-25-15-13-23-32(34)36)38(29-17-7-4-8-18-29)39(30-19-9-5-10-20-30)41(45)35-28-44-37-26-16-14-24-33(35)37/h4-28H,1-3H3. The van der Waals surface area contributed by atoms with Crippen LogP contribution in [0.1, 0.15) is 43.0 Å². The third kappa shape index (κ3) is 4.08. The van der Waals surface area contributed by atoms with Gasteiger partial charge < -0.3 is 8.83 Å². The fourth-order valence-corrected chi connectivity index (χ4v) is 14.1. The van der Waals surface area contributed by atoms with E-state index in [1.165, 1.54) is 49.0 Å². The molecule has 218 valence electrons. The van der Waals surface area contributed by atoms with Crippen LogP contribution in [0.3, 0.4) is 0 Å². The summed E-state index contributed by atoms with van der Waals surface area (Å²) in [6, 6.07) is 50.1. The average Bonchev–Trinajstić information content (AvgIpc) is 3.78. The highest BCUT2D eigenvalue weighted by atomic mass is 28.3. The zero-order valence-corrected chi connectivity index (χ0v) is 26.8. The van der Waals surface area contributed by atoms with Gasteiger partial charge in [-0.25, -0.2) is 0 Å². The molecule has 0 amide bonds. The van der Waals surface area contributed by atoms with Gasteiger partial charge in [0.15, 0.2) is 8.07 Å². The van der Waals surface area contributed by atoms with Crippen molar-refractivity contribution in [3.63, 3.8) is 0 Å². The molecule has 3 heteroatoms. The van der Waals surface area contributed by atoms with Crippen LogP contribution in [0.15, 0.2) is 161 Å². The number of para-hydroxylation sites is 2. The van der Waals surface area contributed by atoms with Crippen molar-refractivity contribution in [2.45, 2.75) is 25.8 Å². The van der Waals surface area contributed by atoms with Gasteiger partial charge in [-0.05, 0) is 55.0 Å². The Balaban J connectivity index is 1.67. The van der Waals surface area contributed by atoms with Crippen LogP contribution >= 0.6 is 0 Å². The molecule has 8 rings (SSSR count). The molecule has 0 fully saturated rings. The molecule has 0 atom stereocenters. The molecule has 7 aromatic rings. The van der Waals surface area contributed by atoms with Gasteiger partial charge in [-0.15, -0.1) is 0 Å². The quantitative estimate of drug-likeness (QED) is 0.184. The molecule has 2 nitrogen and oxygen atoms in total. The fraction of sp³-hybridized carbons (Fsp3) is 0.0952. The van der Waals surface area contributed by atoms with Gasteiger partial charge in [-0.3, -0.25) is 0 Å². The first-order valence-electron chi connectivity index (χ1n) is 15.6. The minimum atomic E-state index is -2.96. The van der Waals surface area contributed by atoms with E-state index in [9.17, 15) is 0 Å². The van der Waals surface area contributed by atoms with Gasteiger partial charge in [0.1, 0.15) is 11.2 Å². The van der Waals surface area contributed by atoms with E-state index in [-0.39, 0.29) is 5.04 Å². The topological polar surface area (TPSA) is 26.3 Å². The summed E-state index contributed by atoms with van der Waals surface area (Å²) in [5.41, 5.74) is 9.12. The summed E-state index contributed by atoms with van der Waals surface area (Å²) < 4.78 is 12.8. The molecule has 3 heterocycles. The Hall–Kier alpha value is -5.12. The Labute approximate surface area is 265 Å². The number of benzene rings is 5. The van der Waals surface area contributed by atoms with Gasteiger partial charge in [0, 0.05) is 21.9 Å². The van der Waals surface area contributed by atoms with Crippen LogP contribution in [0.25, 0.3) is 43.5 Å². The molecule has 0 N–H and O–H groups in total. The second kappa shape index (κ2) is 10.5. The highest BCUT2D eigenvalue weighted by molar-refractivity contribution is 7.24. The van der Waals surface area contributed by atoms with Crippen molar-refractivity contribution in [1.29, 1.82) is 0 Å². The fourth-order valence-electron chi connectivity index (χ4n) is 7.71. The van der Waals surface area contributed by atoms with Crippen molar-refractivity contribution in [1.82, 2.24) is 0 Å². The van der Waals surface area contributed by atoms with Crippen LogP contribution in [0.4, 0.5) is 0 Å². The molecule has 1 aliphatic heterocycles. The van der Waals surface area contributed by atoms with Crippen LogP contribution in [-0.2, 0) is 0 Å². The number of hydrogen-bond donors (Lipinski definition) is 0. The lowest BCUT2D eigenvalue weighted by Crippen LogP contribution is -2.56. The van der Waals surface area contributed by atoms with Crippen LogP contribution in [0, 0.1) is 0 Å². The van der Waals surface area contributed by atoms with Crippen molar-refractivity contribution in [2.24, 2.45) is 0 Å². The molecule has 0 radical (unpaired) electrons. The van der Waals surface area contributed by atoms with E-state index < -0.39 is 8.07 Å². The van der Waals surface area contributed by atoms with Crippen LogP contribution < -0.4 is 5.19 Å². The Morgan fingerprint density at radius 2 is 0.822 bits per heavy atom. The average molecular weight is 599 g/mol. The predicted octanol–water partition coefficient (Wildman–Crippen LogP) is 10.9. The minimum Gasteiger partial charge on any atom is -0.464 e. The summed E-state index contributed by atoms with van der Waals surface area (Å²) in [6.07, 6.45) is 4.02. The van der Waals surface area contributed by atoms with E-state index in [2.05, 4.69) is 160 Å². The summed E-state index contributed by atoms with van der Waals surface area (Å²) in [7, 11) is -2.96. The van der Waals surface area contributed by atoms with Crippen molar-refractivity contribution in [3.05, 3.63) is 174 Å². The summed E-state index contributed by atoms with van der Waals surface area (Å²) in [5.74, 6) is 0. The van der Waals surface area contributed by atoms with Gasteiger partial charge in [-0.1, -0.05) is 148 Å². The summed E-state index contributed by atoms with van der Waals surface area (Å²) in [5, 5.41) is 6.27. The van der Waals surface area contributed by atoms with Gasteiger partial charge in [0.25, 0.3) is 0 Å². The van der Waals surface area contributed by atoms with Crippen LogP contribution in [-0.4, -0.2) is 8.07 Å². The minimum absolute atomic E-state index is 0.160. The van der Waals surface area contributed by atoms with Gasteiger partial charge in [-0.2, -0.15) is 0 Å². The Bertz CT molecular complexity index is 2090. The first-order valence-corrected chi connectivity index (χ1v) is 17.6. The van der Waals surface area contributed by atoms with E-state index in [1.54, 1.807) is 0 Å². The van der Waals surface area contributed by atoms with Gasteiger partial charge in [0.05, 0.1) is 12.5 Å². The molecule has 0 unspecified atom stereocenters. The maximum absolute atomic E-state index is 6.38. The van der Waals surface area contributed by atoms with E-state index >= 15 is 0 Å². The van der Waals surface area contributed by atoms with Gasteiger partial charge >= 0.3 is 0 Å². The molecule has 1 aliphatic rings. The highest BCUT2D eigenvalue weighted by Crippen LogP contribution is 2.63. The molecular formula is C42H34O2Si. The molecule has 0 saturated heterocycles. The second-order valence-corrected chi connectivity index (χ2v) is 17.5. The number of fused-ring (bicyclic) bond motifs is 2. The van der Waals surface area contributed by atoms with E-state index in [0.717, 1.165) is 21.9 Å². The number of hydrogen-bond acceptors (Lipinski definition) is 2. The molecular weight excluding hydrogens is 565 g/mol. The van der Waals surface area contributed by atoms with Crippen LogP contribution in [0.5, 0.6) is 0 Å². The SMILES string of the molecule is CC(C)(C)[Si]1(c2ccccc2)C(c2coc3ccccc23)=C(c2ccccc2)C(c2ccccc2)=C1c1coc2ccccc12. The van der Waals surface area contributed by atoms with Crippen molar-refractivity contribution in [3.8, 4) is 0 Å². The number of furan rings is 2. The van der Waals surface area contributed by atoms with Crippen molar-refractivity contribution >= 4 is 56.7 Å². The van der Waals surface area contributed by atoms with E-state index in [4.69, 9.17) is 8.83 Å². The summed E-state index contributed by atoms with van der Waals surface area (Å²) in [6.45, 7) is 7.31. The molecule has 0 saturated carbocycles. The molecule has 0 aliphatic carbocycles. The number of allylic oxidation sites excluding steroid dienone is 2. The van der Waals surface area contributed by atoms with E-state index in [0.29, 0.717) is 0 Å². The maximum atomic E-state index is 6.38. The lowest BCUT2D eigenvalue weighted by Gasteiger charge is -2.45. The Morgan fingerprint density at radius 1 is 0.444 bits per heavy atom. The first-order chi connectivity index (χ1) is 22.0. The zero-order valence-electron chi connectivity index (χ0n) is 25.8. The normalized spacial score (nSPS) is 15.0. The number of rotatable bonds is 5. The Morgan fingerprint density at radius 3 is 1.24 bits per heavy atom. The first kappa shape index (κ1) is 27.4. The molecule has 5 aromatic carbocycles. The predicted molar refractivity (Wildman–Crippen MR) is 190 cm³/mol. The van der Waals surface area contributed by atoms with Crippen LogP contribution in [0.2, 0.25) is 5.04 Å². The summed E-state index contributed by atoms with van der Waals surface area (Å²) >= 11 is 0. The highest BCUT2D eigenvalue weighted by Gasteiger charge is 2.59.